The summed E-state index contributed by atoms with van der Waals surface area (Å²) in [6.45, 7) is -0.276. The van der Waals surface area contributed by atoms with E-state index in [1.165, 1.54) is 32.6 Å². The highest BCUT2D eigenvalue weighted by atomic mass is 31.2. The summed E-state index contributed by atoms with van der Waals surface area (Å²) in [5.74, 6) is -1.49. The molecule has 0 radical (unpaired) electrons. The number of nitrogens with zero attached hydrogens (tertiary/aromatic N) is 17. The Labute approximate surface area is 804 Å². The molecule has 0 bridgehead atoms. The first-order chi connectivity index (χ1) is 68.4. The molecule has 0 amide bonds. The van der Waals surface area contributed by atoms with Crippen LogP contribution in [0.3, 0.4) is 0 Å². The van der Waals surface area contributed by atoms with Crippen LogP contribution in [0, 0.1) is 0 Å². The molecule has 770 valence electrons. The van der Waals surface area contributed by atoms with Crippen LogP contribution in [-0.2, 0) is 108 Å². The third kappa shape index (κ3) is 20.9. The Kier molecular flexibility index (Phi) is 27.9. The molecule has 19 rings (SSSR count). The van der Waals surface area contributed by atoms with E-state index < -0.39 is 274 Å². The van der Waals surface area contributed by atoms with Crippen molar-refractivity contribution < 1.29 is 136 Å². The van der Waals surface area contributed by atoms with Gasteiger partial charge in [-0.25, -0.2) is 62.5 Å². The number of rotatable bonds is 37. The van der Waals surface area contributed by atoms with Crippen LogP contribution in [0.15, 0.2) is 134 Å². The highest BCUT2D eigenvalue weighted by Gasteiger charge is 2.54. The number of hydrogen-bond acceptors (Lipinski definition) is 46. The highest BCUT2D eigenvalue weighted by Crippen LogP contribution is 2.57. The number of phosphoric acid groups is 5. The van der Waals surface area contributed by atoms with Crippen molar-refractivity contribution in [3.8, 4) is 0 Å². The fourth-order valence-corrected chi connectivity index (χ4v) is 27.4. The summed E-state index contributed by atoms with van der Waals surface area (Å²) in [7, 11) is -31.1. The van der Waals surface area contributed by atoms with Crippen molar-refractivity contribution in [3.05, 3.63) is 173 Å². The number of phosphoric ester groups is 5. The Morgan fingerprint density at radius 2 is 0.688 bits per heavy atom. The van der Waals surface area contributed by atoms with Crippen LogP contribution in [0.4, 0.5) is 29.6 Å². The first kappa shape index (κ1) is 101. The van der Waals surface area contributed by atoms with E-state index in [0.29, 0.717) is 0 Å². The predicted molar refractivity (Wildman–Crippen MR) is 491 cm³/mol. The largest absolute Gasteiger partial charge is 0.472 e. The average Bonchev–Trinajstić information content (AvgIpc) is 1.67. The second-order valence-electron chi connectivity index (χ2n) is 34.9. The zero-order valence-corrected chi connectivity index (χ0v) is 80.7. The zero-order valence-electron chi connectivity index (χ0n) is 75.2. The van der Waals surface area contributed by atoms with Crippen molar-refractivity contribution >= 4 is 143 Å². The fraction of sp³-hybridized carbons (Fsp3) is 0.461. The maximum Gasteiger partial charge on any atom is 0.472 e. The van der Waals surface area contributed by atoms with Crippen molar-refractivity contribution in [1.29, 1.82) is 0 Å². The molecule has 0 saturated carbocycles. The van der Waals surface area contributed by atoms with Gasteiger partial charge >= 0.3 is 44.8 Å². The van der Waals surface area contributed by atoms with Gasteiger partial charge in [0.25, 0.3) is 36.1 Å². The molecule has 2 aromatic carbocycles. The summed E-state index contributed by atoms with van der Waals surface area (Å²) in [6.07, 6.45) is -22.2. The summed E-state index contributed by atoms with van der Waals surface area (Å²) in [4.78, 5) is 195. The van der Waals surface area contributed by atoms with E-state index in [-0.39, 0.29) is 98.5 Å². The summed E-state index contributed by atoms with van der Waals surface area (Å²) < 4.78 is 180. The smallest absolute Gasteiger partial charge is 0.403 e. The number of imidazole rings is 5. The van der Waals surface area contributed by atoms with E-state index in [4.69, 9.17) is 107 Å². The first-order valence-electron chi connectivity index (χ1n) is 43.8. The monoisotopic (exact) mass is 2130 g/mol. The molecule has 23 atom stereocenters. The Morgan fingerprint density at radius 3 is 1.03 bits per heavy atom. The molecule has 144 heavy (non-hydrogen) atoms. The number of nitrogens with two attached hydrogens (primary N) is 5. The minimum atomic E-state index is -5.71. The number of benzene rings is 2. The lowest BCUT2D eigenvalue weighted by molar-refractivity contribution is -0.0640. The van der Waals surface area contributed by atoms with Crippen LogP contribution in [0.2, 0.25) is 5.04 Å². The van der Waals surface area contributed by atoms with Crippen LogP contribution in [0.5, 0.6) is 0 Å². The van der Waals surface area contributed by atoms with E-state index in [2.05, 4.69) is 79.7 Å². The van der Waals surface area contributed by atoms with Gasteiger partial charge in [-0.2, -0.15) is 19.9 Å². The van der Waals surface area contributed by atoms with Gasteiger partial charge in [-0.3, -0.25) is 122 Å². The summed E-state index contributed by atoms with van der Waals surface area (Å²) >= 11 is 0. The van der Waals surface area contributed by atoms with Gasteiger partial charge in [-0.1, -0.05) is 81.4 Å². The van der Waals surface area contributed by atoms with Crippen molar-refractivity contribution in [1.82, 2.24) is 107 Å². The lowest BCUT2D eigenvalue weighted by atomic mass is 10.2. The minimum Gasteiger partial charge on any atom is -0.403 e. The molecule has 22 N–H and O–H groups in total. The van der Waals surface area contributed by atoms with Gasteiger partial charge in [-0.05, 0) is 15.4 Å². The number of fused-ring (bicyclic) bond motifs is 5. The van der Waals surface area contributed by atoms with Crippen molar-refractivity contribution in [2.24, 2.45) is 0 Å². The Morgan fingerprint density at radius 1 is 0.389 bits per heavy atom. The lowest BCUT2D eigenvalue weighted by Crippen LogP contribution is -2.66. The summed E-state index contributed by atoms with van der Waals surface area (Å²) in [6, 6.07) is 19.0. The Hall–Kier alpha value is -11.5. The second kappa shape index (κ2) is 39.7. The second-order valence-corrected chi connectivity index (χ2v) is 46.3. The fourth-order valence-electron chi connectivity index (χ4n) is 18.0. The van der Waals surface area contributed by atoms with E-state index in [9.17, 15) is 86.3 Å². The lowest BCUT2D eigenvalue weighted by Gasteiger charge is -2.43. The predicted octanol–water partition coefficient (Wildman–Crippen LogP) is -0.514. The van der Waals surface area contributed by atoms with Crippen molar-refractivity contribution in [2.75, 3.05) is 68.3 Å². The number of ether oxygens (including phenoxy) is 6. The van der Waals surface area contributed by atoms with Gasteiger partial charge in [0.05, 0.1) is 89.6 Å². The molecule has 68 heteroatoms. The molecule has 0 spiro atoms. The van der Waals surface area contributed by atoms with Gasteiger partial charge < -0.3 is 96.2 Å². The zero-order chi connectivity index (χ0) is 102. The van der Waals surface area contributed by atoms with E-state index in [1.807, 2.05) is 81.4 Å². The first-order valence-corrected chi connectivity index (χ1v) is 53.2. The van der Waals surface area contributed by atoms with Gasteiger partial charge in [0.1, 0.15) is 116 Å². The molecule has 23 unspecified atom stereocenters. The Balaban J connectivity index is 0.543. The SMILES string of the molecule is CC(C)(C)[Si](OCc1cn(C2CC(OP(=O)(O)OCC3OC(n4cnc5c(=O)[nH]c(N)nc54)CC3OP(=O)(O)OCC3OC(n4cnc5c(=O)[nH]c(N)nc54)CC3OP(=O)(O)OCC3OC(n4cnc5c(=O)[nH]c(N)nc54)CC3OP(=O)(O)OCC3OC(n4cnc5c(N)ncnc54)CC3OP(=O)(O)OCC3OC(n4cnc5c(=O)[nH]c(N)nc54)CC3O)C(CO)O2)c(=O)[nH]c1=O)(c1ccccc1)c1ccccc1. The number of nitrogen functional groups attached to an aromatic ring is 5. The molecule has 6 saturated heterocycles. The van der Waals surface area contributed by atoms with Crippen LogP contribution in [0.25, 0.3) is 55.8 Å². The van der Waals surface area contributed by atoms with Crippen molar-refractivity contribution in [2.45, 2.75) is 182 Å². The number of H-pyrrole nitrogens is 5. The van der Waals surface area contributed by atoms with Gasteiger partial charge in [0, 0.05) is 44.7 Å². The molecule has 17 heterocycles. The number of nitrogens with one attached hydrogen (secondary N) is 5. The van der Waals surface area contributed by atoms with E-state index in [0.717, 1.165) is 49.4 Å². The third-order valence-electron chi connectivity index (χ3n) is 24.6. The number of hydrogen-bond donors (Lipinski definition) is 17. The maximum atomic E-state index is 14.8. The molecule has 0 aliphatic carbocycles. The molecule has 6 aliphatic heterocycles. The molecular weight excluding hydrogens is 2030 g/mol. The summed E-state index contributed by atoms with van der Waals surface area (Å²) in [5.41, 5.74) is 23.5. The summed E-state index contributed by atoms with van der Waals surface area (Å²) in [5, 5.41) is 23.0. The van der Waals surface area contributed by atoms with E-state index >= 15 is 0 Å². The number of anilines is 5. The van der Waals surface area contributed by atoms with E-state index in [1.54, 1.807) is 0 Å². The molecule has 11 aromatic heterocycles. The molecule has 13 aromatic rings. The maximum absolute atomic E-state index is 14.8. The minimum absolute atomic E-state index is 0.0000489. The molecular formula is C76H92N27O35P5Si. The average molecular weight is 2130 g/mol. The number of aromatic amines is 5. The molecule has 62 nitrogen and oxygen atoms in total. The normalized spacial score (nSPS) is 27.0. The van der Waals surface area contributed by atoms with Gasteiger partial charge in [-0.15, -0.1) is 0 Å². The topological polar surface area (TPSA) is 867 Å². The van der Waals surface area contributed by atoms with Crippen molar-refractivity contribution in [3.63, 3.8) is 0 Å². The molecule has 6 fully saturated rings. The highest BCUT2D eigenvalue weighted by molar-refractivity contribution is 7.48. The standard InChI is InChI=1S/C76H92N27O35P5Si/c1-76(2,3)144(35-10-6-4-7-11-35,36-12-8-5-9-13-36)127-22-34-20-98(75(111)97-66(34)106)50-15-38(43(21-104)128-50)134-140(114,115)123-25-46-40(17-52(131-46)101-31-86-57-63(101)90-72(79)94-68(57)108)136-142(118,119)125-27-48-42(19-54(133-48)103-33-88-59-65(103)92-74(81)96-70(59)110)138-143(120,121)126-26-47-41(18-53(132-47)102-32-87-58-64(102)91-73(80)95-69(58)109)137-141(116,117)124-24-45-39(16-51(130-45)99-29-84-55-60(77)82-28-83-61(55)99)135-139(112,113)122-23-44-37(105)14-49(129-44)100-30-85-56-62(100)89-71(78)93-67(56)107/h4-13,20,28-33,37-54,104-105H,14-19,21-27H2,1-3H3,(H,112,113)(H,114,115)(H,116,117)(H,118,119)(H,120,121)(H2,77,82,83)(H,97,106,111)(H3,78,89,93,107)(H3,79,90,94,108)(H3,80,91,95,109)(H3,81,92,96,110). The molecule has 6 aliphatic rings. The number of aliphatic hydroxyl groups is 2. The van der Waals surface area contributed by atoms with Gasteiger partial charge in [0.2, 0.25) is 23.8 Å². The van der Waals surface area contributed by atoms with Crippen LogP contribution >= 0.6 is 39.1 Å². The van der Waals surface area contributed by atoms with Crippen LogP contribution < -0.4 is 72.5 Å². The van der Waals surface area contributed by atoms with Crippen LogP contribution in [0.1, 0.15) is 102 Å². The quantitative estimate of drug-likeness (QED) is 0.0172. The third-order valence-corrected chi connectivity index (χ3v) is 34.6. The Bertz CT molecular complexity index is 7640. The number of aromatic nitrogens is 22. The van der Waals surface area contributed by atoms with Crippen LogP contribution in [-0.4, -0.2) is 263 Å². The number of aliphatic hydroxyl groups excluding tert-OH is 2. The van der Waals surface area contributed by atoms with Gasteiger partial charge in [0.15, 0.2) is 56.1 Å².